The molecule has 1 aromatic carbocycles. The highest BCUT2D eigenvalue weighted by atomic mass is 16.6. The quantitative estimate of drug-likeness (QED) is 0.868. The van der Waals surface area contributed by atoms with E-state index in [2.05, 4.69) is 0 Å². The lowest BCUT2D eigenvalue weighted by atomic mass is 9.78. The molecule has 3 rings (SSSR count). The second kappa shape index (κ2) is 4.61. The first kappa shape index (κ1) is 11.5. The van der Waals surface area contributed by atoms with Gasteiger partial charge in [-0.15, -0.1) is 0 Å². The van der Waals surface area contributed by atoms with E-state index in [-0.39, 0.29) is 24.3 Å². The number of fused-ring (bicyclic) bond motifs is 2. The van der Waals surface area contributed by atoms with E-state index in [0.717, 1.165) is 12.0 Å². The van der Waals surface area contributed by atoms with Gasteiger partial charge in [-0.05, 0) is 24.8 Å². The van der Waals surface area contributed by atoms with E-state index in [9.17, 15) is 9.90 Å². The molecule has 2 saturated heterocycles. The van der Waals surface area contributed by atoms with Crippen LogP contribution in [0, 0.1) is 0 Å². The summed E-state index contributed by atoms with van der Waals surface area (Å²) in [5.74, 6) is 0. The van der Waals surface area contributed by atoms with Crippen molar-refractivity contribution in [1.29, 1.82) is 0 Å². The van der Waals surface area contributed by atoms with E-state index < -0.39 is 0 Å². The lowest BCUT2D eigenvalue weighted by molar-refractivity contribution is -0.0714. The monoisotopic (exact) mass is 247 g/mol. The van der Waals surface area contributed by atoms with Crippen molar-refractivity contribution < 1.29 is 14.6 Å². The molecule has 1 N–H and O–H groups in total. The number of carbonyl (C=O) groups is 1. The van der Waals surface area contributed by atoms with Gasteiger partial charge in [0.15, 0.2) is 0 Å². The highest BCUT2D eigenvalue weighted by Crippen LogP contribution is 2.38. The summed E-state index contributed by atoms with van der Waals surface area (Å²) in [4.78, 5) is 13.7. The number of hydrogen-bond acceptors (Lipinski definition) is 3. The number of benzene rings is 1. The van der Waals surface area contributed by atoms with Crippen molar-refractivity contribution in [2.75, 3.05) is 0 Å². The molecule has 2 fully saturated rings. The van der Waals surface area contributed by atoms with Gasteiger partial charge in [-0.25, -0.2) is 4.79 Å². The van der Waals surface area contributed by atoms with Crippen LogP contribution >= 0.6 is 0 Å². The number of hydrogen-bond donors (Lipinski definition) is 1. The molecule has 2 aliphatic heterocycles. The summed E-state index contributed by atoms with van der Waals surface area (Å²) in [6, 6.07) is 10.0. The maximum absolute atomic E-state index is 11.9. The Morgan fingerprint density at radius 2 is 1.89 bits per heavy atom. The zero-order valence-corrected chi connectivity index (χ0v) is 10.2. The van der Waals surface area contributed by atoms with E-state index >= 15 is 0 Å². The van der Waals surface area contributed by atoms with Crippen LogP contribution in [0.25, 0.3) is 0 Å². The third-order valence-electron chi connectivity index (χ3n) is 3.84. The summed E-state index contributed by atoms with van der Waals surface area (Å²) in [6.07, 6.45) is 1.91. The van der Waals surface area contributed by atoms with Crippen molar-refractivity contribution in [2.24, 2.45) is 0 Å². The highest BCUT2D eigenvalue weighted by Gasteiger charge is 2.48. The first-order valence-electron chi connectivity index (χ1n) is 6.41. The van der Waals surface area contributed by atoms with Crippen molar-refractivity contribution in [3.8, 4) is 0 Å². The average molecular weight is 247 g/mol. The molecule has 4 heteroatoms. The van der Waals surface area contributed by atoms with E-state index in [1.807, 2.05) is 30.3 Å². The Balaban J connectivity index is 1.54. The van der Waals surface area contributed by atoms with Gasteiger partial charge in [0.05, 0.1) is 6.10 Å². The SMILES string of the molecule is O=C(OCc1ccccc1)N1[C@@H]2CC(O)C[C@H]1C2. The molecule has 18 heavy (non-hydrogen) atoms. The Morgan fingerprint density at radius 3 is 2.56 bits per heavy atom. The molecule has 2 aliphatic rings. The van der Waals surface area contributed by atoms with Crippen LogP contribution in [0.1, 0.15) is 24.8 Å². The lowest BCUT2D eigenvalue weighted by Crippen LogP contribution is -2.63. The Morgan fingerprint density at radius 1 is 1.22 bits per heavy atom. The maximum atomic E-state index is 11.9. The summed E-state index contributed by atoms with van der Waals surface area (Å²) < 4.78 is 5.31. The number of carbonyl (C=O) groups excluding carboxylic acids is 1. The van der Waals surface area contributed by atoms with Gasteiger partial charge in [0.2, 0.25) is 0 Å². The Bertz CT molecular complexity index is 422. The van der Waals surface area contributed by atoms with Crippen LogP contribution in [0.4, 0.5) is 4.79 Å². The third kappa shape index (κ3) is 2.08. The molecular weight excluding hydrogens is 230 g/mol. The van der Waals surface area contributed by atoms with Crippen LogP contribution in [0.3, 0.4) is 0 Å². The van der Waals surface area contributed by atoms with Crippen molar-refractivity contribution in [2.45, 2.75) is 44.1 Å². The van der Waals surface area contributed by atoms with Crippen molar-refractivity contribution >= 4 is 6.09 Å². The number of aliphatic hydroxyl groups excluding tert-OH is 1. The summed E-state index contributed by atoms with van der Waals surface area (Å²) >= 11 is 0. The summed E-state index contributed by atoms with van der Waals surface area (Å²) in [6.45, 7) is 0.318. The van der Waals surface area contributed by atoms with Gasteiger partial charge >= 0.3 is 6.09 Å². The van der Waals surface area contributed by atoms with Gasteiger partial charge in [-0.3, -0.25) is 0 Å². The molecule has 0 spiro atoms. The number of ether oxygens (including phenoxy) is 1. The first-order chi connectivity index (χ1) is 8.74. The van der Waals surface area contributed by atoms with E-state index in [1.165, 1.54) is 0 Å². The van der Waals surface area contributed by atoms with Gasteiger partial charge in [-0.2, -0.15) is 0 Å². The molecule has 0 aliphatic carbocycles. The molecule has 1 unspecified atom stereocenters. The number of nitrogens with zero attached hydrogens (tertiary/aromatic N) is 1. The standard InChI is InChI=1S/C14H17NO3/c16-13-7-11-6-12(8-13)15(11)14(17)18-9-10-4-2-1-3-5-10/h1-5,11-13,16H,6-9H2/t11-,12+,13?. The Hall–Kier alpha value is -1.55. The van der Waals surface area contributed by atoms with Crippen molar-refractivity contribution in [3.05, 3.63) is 35.9 Å². The van der Waals surface area contributed by atoms with E-state index in [1.54, 1.807) is 4.90 Å². The maximum Gasteiger partial charge on any atom is 0.410 e. The zero-order chi connectivity index (χ0) is 12.5. The van der Waals surface area contributed by atoms with Crippen LogP contribution < -0.4 is 0 Å². The van der Waals surface area contributed by atoms with Gasteiger partial charge < -0.3 is 14.7 Å². The molecule has 1 amide bonds. The van der Waals surface area contributed by atoms with Crippen LogP contribution in [0.5, 0.6) is 0 Å². The fraction of sp³-hybridized carbons (Fsp3) is 0.500. The Labute approximate surface area is 106 Å². The number of amides is 1. The molecule has 0 saturated carbocycles. The molecular formula is C14H17NO3. The normalized spacial score (nSPS) is 29.6. The molecule has 2 heterocycles. The predicted octanol–water partition coefficient (Wildman–Crippen LogP) is 1.92. The van der Waals surface area contributed by atoms with Crippen LogP contribution in [-0.2, 0) is 11.3 Å². The lowest BCUT2D eigenvalue weighted by Gasteiger charge is -2.53. The first-order valence-corrected chi connectivity index (χ1v) is 6.41. The van der Waals surface area contributed by atoms with Crippen molar-refractivity contribution in [3.63, 3.8) is 0 Å². The molecule has 96 valence electrons. The van der Waals surface area contributed by atoms with Crippen molar-refractivity contribution in [1.82, 2.24) is 4.90 Å². The second-order valence-electron chi connectivity index (χ2n) is 5.12. The zero-order valence-electron chi connectivity index (χ0n) is 10.2. The topological polar surface area (TPSA) is 49.8 Å². The third-order valence-corrected chi connectivity index (χ3v) is 3.84. The van der Waals surface area contributed by atoms with Gasteiger partial charge in [-0.1, -0.05) is 30.3 Å². The average Bonchev–Trinajstić information content (AvgIpc) is 2.37. The van der Waals surface area contributed by atoms with E-state index in [4.69, 9.17) is 4.74 Å². The van der Waals surface area contributed by atoms with Gasteiger partial charge in [0.25, 0.3) is 0 Å². The minimum absolute atomic E-state index is 0.182. The molecule has 0 radical (unpaired) electrons. The predicted molar refractivity (Wildman–Crippen MR) is 65.9 cm³/mol. The smallest absolute Gasteiger partial charge is 0.410 e. The molecule has 3 atom stereocenters. The molecule has 1 aromatic rings. The largest absolute Gasteiger partial charge is 0.445 e. The summed E-state index contributed by atoms with van der Waals surface area (Å²) in [5, 5.41) is 9.54. The molecule has 4 nitrogen and oxygen atoms in total. The molecule has 2 bridgehead atoms. The van der Waals surface area contributed by atoms with Gasteiger partial charge in [0.1, 0.15) is 6.61 Å². The van der Waals surface area contributed by atoms with Crippen LogP contribution in [0.2, 0.25) is 0 Å². The number of rotatable bonds is 2. The highest BCUT2D eigenvalue weighted by molar-refractivity contribution is 5.70. The number of piperidine rings is 1. The summed E-state index contributed by atoms with van der Waals surface area (Å²) in [5.41, 5.74) is 0.997. The van der Waals surface area contributed by atoms with Crippen LogP contribution in [0.15, 0.2) is 30.3 Å². The van der Waals surface area contributed by atoms with E-state index in [0.29, 0.717) is 19.4 Å². The second-order valence-corrected chi connectivity index (χ2v) is 5.12. The molecule has 0 aromatic heterocycles. The minimum Gasteiger partial charge on any atom is -0.445 e. The number of aliphatic hydroxyl groups is 1. The van der Waals surface area contributed by atoms with Crippen LogP contribution in [-0.4, -0.2) is 34.3 Å². The fourth-order valence-electron chi connectivity index (χ4n) is 2.94. The Kier molecular flexibility index (Phi) is 2.96. The summed E-state index contributed by atoms with van der Waals surface area (Å²) in [7, 11) is 0. The van der Waals surface area contributed by atoms with Gasteiger partial charge in [0, 0.05) is 12.1 Å². The fourth-order valence-corrected chi connectivity index (χ4v) is 2.94. The minimum atomic E-state index is -0.244.